The van der Waals surface area contributed by atoms with Gasteiger partial charge >= 0.3 is 6.18 Å². The van der Waals surface area contributed by atoms with Gasteiger partial charge in [-0.15, -0.1) is 0 Å². The summed E-state index contributed by atoms with van der Waals surface area (Å²) in [7, 11) is 1.79. The molecule has 6 heteroatoms. The number of hydrogen-bond donors (Lipinski definition) is 2. The van der Waals surface area contributed by atoms with Crippen LogP contribution in [0.5, 0.6) is 0 Å². The van der Waals surface area contributed by atoms with Gasteiger partial charge in [0.25, 0.3) is 0 Å². The molecule has 20 heavy (non-hydrogen) atoms. The van der Waals surface area contributed by atoms with E-state index in [1.165, 1.54) is 6.07 Å². The molecule has 1 aliphatic rings. The van der Waals surface area contributed by atoms with Gasteiger partial charge in [-0.2, -0.15) is 13.2 Å². The van der Waals surface area contributed by atoms with Crippen molar-refractivity contribution >= 4 is 5.91 Å². The number of benzene rings is 1. The predicted octanol–water partition coefficient (Wildman–Crippen LogP) is 2.14. The molecule has 0 spiro atoms. The highest BCUT2D eigenvalue weighted by molar-refractivity contribution is 5.82. The topological polar surface area (TPSA) is 41.1 Å². The fraction of sp³-hybridized carbons (Fsp3) is 0.500. The standard InChI is InChI=1S/C14H17F3N2O/c1-18-5-6-19-13(20)12-8-11(12)9-3-2-4-10(7-9)14(15,16)17/h2-4,7,11-12,18H,5-6,8H2,1H3,(H,19,20). The Morgan fingerprint density at radius 3 is 2.75 bits per heavy atom. The first-order chi connectivity index (χ1) is 9.43. The van der Waals surface area contributed by atoms with Gasteiger partial charge in [0.05, 0.1) is 5.56 Å². The van der Waals surface area contributed by atoms with E-state index >= 15 is 0 Å². The molecule has 0 saturated heterocycles. The Bertz CT molecular complexity index is 488. The molecule has 2 rings (SSSR count). The summed E-state index contributed by atoms with van der Waals surface area (Å²) in [5.74, 6) is -0.370. The molecule has 2 unspecified atom stereocenters. The van der Waals surface area contributed by atoms with Gasteiger partial charge in [0.2, 0.25) is 5.91 Å². The monoisotopic (exact) mass is 286 g/mol. The van der Waals surface area contributed by atoms with Crippen molar-refractivity contribution < 1.29 is 18.0 Å². The molecule has 0 heterocycles. The van der Waals surface area contributed by atoms with Gasteiger partial charge in [0.15, 0.2) is 0 Å². The lowest BCUT2D eigenvalue weighted by molar-refractivity contribution is -0.137. The lowest BCUT2D eigenvalue weighted by Gasteiger charge is -2.08. The molecule has 1 amide bonds. The molecule has 0 aliphatic heterocycles. The van der Waals surface area contributed by atoms with Crippen LogP contribution < -0.4 is 10.6 Å². The van der Waals surface area contributed by atoms with E-state index < -0.39 is 11.7 Å². The lowest BCUT2D eigenvalue weighted by atomic mass is 10.1. The number of hydrogen-bond acceptors (Lipinski definition) is 2. The molecule has 1 aliphatic carbocycles. The summed E-state index contributed by atoms with van der Waals surface area (Å²) in [6.07, 6.45) is -3.72. The molecular weight excluding hydrogens is 269 g/mol. The van der Waals surface area contributed by atoms with E-state index in [4.69, 9.17) is 0 Å². The number of nitrogens with one attached hydrogen (secondary N) is 2. The lowest BCUT2D eigenvalue weighted by Crippen LogP contribution is -2.31. The van der Waals surface area contributed by atoms with Crippen LogP contribution in [0.4, 0.5) is 13.2 Å². The molecular formula is C14H17F3N2O. The number of likely N-dealkylation sites (N-methyl/N-ethyl adjacent to an activating group) is 1. The minimum atomic E-state index is -4.34. The predicted molar refractivity (Wildman–Crippen MR) is 69.2 cm³/mol. The van der Waals surface area contributed by atoms with Gasteiger partial charge in [0.1, 0.15) is 0 Å². The Hall–Kier alpha value is -1.56. The number of alkyl halides is 3. The van der Waals surface area contributed by atoms with E-state index in [0.717, 1.165) is 12.1 Å². The second-order valence-corrected chi connectivity index (χ2v) is 4.97. The Morgan fingerprint density at radius 1 is 1.35 bits per heavy atom. The van der Waals surface area contributed by atoms with Crippen LogP contribution in [0.15, 0.2) is 24.3 Å². The average molecular weight is 286 g/mol. The summed E-state index contributed by atoms with van der Waals surface area (Å²) in [6, 6.07) is 5.24. The zero-order valence-electron chi connectivity index (χ0n) is 11.1. The maximum absolute atomic E-state index is 12.6. The molecule has 1 fully saturated rings. The van der Waals surface area contributed by atoms with E-state index in [1.807, 2.05) is 0 Å². The first kappa shape index (κ1) is 14.8. The van der Waals surface area contributed by atoms with Crippen LogP contribution in [0.25, 0.3) is 0 Å². The van der Waals surface area contributed by atoms with Gasteiger partial charge in [-0.1, -0.05) is 18.2 Å². The van der Waals surface area contributed by atoms with Gasteiger partial charge in [-0.05, 0) is 31.0 Å². The number of halogens is 3. The van der Waals surface area contributed by atoms with Crippen LogP contribution in [0, 0.1) is 5.92 Å². The van der Waals surface area contributed by atoms with Crippen LogP contribution >= 0.6 is 0 Å². The normalized spacial score (nSPS) is 21.6. The highest BCUT2D eigenvalue weighted by atomic mass is 19.4. The Morgan fingerprint density at radius 2 is 2.10 bits per heavy atom. The van der Waals surface area contributed by atoms with Crippen LogP contribution in [0.1, 0.15) is 23.5 Å². The zero-order chi connectivity index (χ0) is 14.8. The Balaban J connectivity index is 1.96. The first-order valence-electron chi connectivity index (χ1n) is 6.53. The second kappa shape index (κ2) is 5.83. The van der Waals surface area contributed by atoms with Gasteiger partial charge in [-0.3, -0.25) is 4.79 Å². The third-order valence-electron chi connectivity index (χ3n) is 3.44. The van der Waals surface area contributed by atoms with Gasteiger partial charge in [-0.25, -0.2) is 0 Å². The third-order valence-corrected chi connectivity index (χ3v) is 3.44. The van der Waals surface area contributed by atoms with Crippen molar-refractivity contribution in [3.8, 4) is 0 Å². The van der Waals surface area contributed by atoms with Crippen molar-refractivity contribution in [2.45, 2.75) is 18.5 Å². The number of rotatable bonds is 5. The first-order valence-corrected chi connectivity index (χ1v) is 6.53. The molecule has 1 aromatic carbocycles. The van der Waals surface area contributed by atoms with Crippen LogP contribution in [-0.4, -0.2) is 26.0 Å². The fourth-order valence-electron chi connectivity index (χ4n) is 2.24. The molecule has 0 radical (unpaired) electrons. The van der Waals surface area contributed by atoms with Crippen molar-refractivity contribution in [1.82, 2.24) is 10.6 Å². The highest BCUT2D eigenvalue weighted by Gasteiger charge is 2.44. The van der Waals surface area contributed by atoms with E-state index in [0.29, 0.717) is 25.1 Å². The van der Waals surface area contributed by atoms with Crippen molar-refractivity contribution in [2.75, 3.05) is 20.1 Å². The SMILES string of the molecule is CNCCNC(=O)C1CC1c1cccc(C(F)(F)F)c1. The summed E-state index contributed by atoms with van der Waals surface area (Å²) in [5, 5.41) is 5.68. The van der Waals surface area contributed by atoms with Crippen LogP contribution in [0.3, 0.4) is 0 Å². The molecule has 3 nitrogen and oxygen atoms in total. The molecule has 0 aromatic heterocycles. The van der Waals surface area contributed by atoms with Crippen molar-refractivity contribution in [2.24, 2.45) is 5.92 Å². The molecule has 1 aromatic rings. The Labute approximate surface area is 115 Å². The van der Waals surface area contributed by atoms with E-state index in [9.17, 15) is 18.0 Å². The maximum Gasteiger partial charge on any atom is 0.416 e. The third kappa shape index (κ3) is 3.50. The summed E-state index contributed by atoms with van der Waals surface area (Å²) < 4.78 is 37.9. The van der Waals surface area contributed by atoms with Crippen molar-refractivity contribution in [3.63, 3.8) is 0 Å². The molecule has 0 bridgehead atoms. The van der Waals surface area contributed by atoms with E-state index in [-0.39, 0.29) is 17.7 Å². The number of carbonyl (C=O) groups is 1. The van der Waals surface area contributed by atoms with Gasteiger partial charge in [0, 0.05) is 19.0 Å². The fourth-order valence-corrected chi connectivity index (χ4v) is 2.24. The average Bonchev–Trinajstić information content (AvgIpc) is 3.18. The summed E-state index contributed by atoms with van der Waals surface area (Å²) in [6.45, 7) is 1.20. The van der Waals surface area contributed by atoms with Gasteiger partial charge < -0.3 is 10.6 Å². The zero-order valence-corrected chi connectivity index (χ0v) is 11.1. The van der Waals surface area contributed by atoms with Crippen LogP contribution in [0.2, 0.25) is 0 Å². The van der Waals surface area contributed by atoms with E-state index in [1.54, 1.807) is 13.1 Å². The smallest absolute Gasteiger partial charge is 0.355 e. The maximum atomic E-state index is 12.6. The summed E-state index contributed by atoms with van der Waals surface area (Å²) in [4.78, 5) is 11.8. The minimum Gasteiger partial charge on any atom is -0.355 e. The highest BCUT2D eigenvalue weighted by Crippen LogP contribution is 2.48. The molecule has 1 saturated carbocycles. The molecule has 2 N–H and O–H groups in total. The minimum absolute atomic E-state index is 0.0809. The second-order valence-electron chi connectivity index (χ2n) is 4.97. The van der Waals surface area contributed by atoms with Crippen LogP contribution in [-0.2, 0) is 11.0 Å². The quantitative estimate of drug-likeness (QED) is 0.814. The number of amides is 1. The summed E-state index contributed by atoms with van der Waals surface area (Å²) >= 11 is 0. The molecule has 2 atom stereocenters. The van der Waals surface area contributed by atoms with Crippen molar-refractivity contribution in [3.05, 3.63) is 35.4 Å². The summed E-state index contributed by atoms with van der Waals surface area (Å²) in [5.41, 5.74) is -0.0650. The number of carbonyl (C=O) groups excluding carboxylic acids is 1. The molecule has 110 valence electrons. The Kier molecular flexibility index (Phi) is 4.32. The largest absolute Gasteiger partial charge is 0.416 e. The van der Waals surface area contributed by atoms with Crippen molar-refractivity contribution in [1.29, 1.82) is 0 Å². The van der Waals surface area contributed by atoms with E-state index in [2.05, 4.69) is 10.6 Å².